The predicted molar refractivity (Wildman–Crippen MR) is 90.5 cm³/mol. The van der Waals surface area contributed by atoms with Crippen LogP contribution in [0, 0.1) is 0 Å². The molecule has 1 aromatic rings. The zero-order valence-corrected chi connectivity index (χ0v) is 14.3. The van der Waals surface area contributed by atoms with Gasteiger partial charge in [0.15, 0.2) is 0 Å². The Labute approximate surface area is 140 Å². The van der Waals surface area contributed by atoms with Gasteiger partial charge in [-0.15, -0.1) is 11.8 Å². The molecule has 6 heteroatoms. The van der Waals surface area contributed by atoms with Crippen LogP contribution >= 0.6 is 23.4 Å². The lowest BCUT2D eigenvalue weighted by atomic mass is 10.1. The van der Waals surface area contributed by atoms with Gasteiger partial charge in [-0.2, -0.15) is 0 Å². The molecule has 0 aromatic heterocycles. The Bertz CT molecular complexity index is 496. The van der Waals surface area contributed by atoms with E-state index in [4.69, 9.17) is 16.7 Å². The second-order valence-corrected chi connectivity index (χ2v) is 6.83. The van der Waals surface area contributed by atoms with Crippen LogP contribution in [0.5, 0.6) is 0 Å². The van der Waals surface area contributed by atoms with Crippen molar-refractivity contribution in [2.75, 3.05) is 6.54 Å². The summed E-state index contributed by atoms with van der Waals surface area (Å²) in [5.41, 5.74) is 0. The highest BCUT2D eigenvalue weighted by Crippen LogP contribution is 2.29. The summed E-state index contributed by atoms with van der Waals surface area (Å²) in [5, 5.41) is 11.9. The maximum atomic E-state index is 12.0. The van der Waals surface area contributed by atoms with E-state index >= 15 is 0 Å². The lowest BCUT2D eigenvalue weighted by Gasteiger charge is -2.12. The summed E-state index contributed by atoms with van der Waals surface area (Å²) < 4.78 is 0. The van der Waals surface area contributed by atoms with Gasteiger partial charge >= 0.3 is 5.97 Å². The summed E-state index contributed by atoms with van der Waals surface area (Å²) in [5.74, 6) is -0.755. The van der Waals surface area contributed by atoms with Gasteiger partial charge in [0.25, 0.3) is 0 Å². The topological polar surface area (TPSA) is 66.4 Å². The Hall–Kier alpha value is -1.20. The van der Waals surface area contributed by atoms with Crippen LogP contribution in [-0.4, -0.2) is 28.8 Å². The fraction of sp³-hybridized carbons (Fsp3) is 0.500. The zero-order chi connectivity index (χ0) is 16.4. The van der Waals surface area contributed by atoms with Gasteiger partial charge in [-0.3, -0.25) is 9.59 Å². The summed E-state index contributed by atoms with van der Waals surface area (Å²) in [4.78, 5) is 23.2. The SMILES string of the molecule is CC(Sc1ccccc1Cl)C(=O)NCCCCCCC(=O)O. The van der Waals surface area contributed by atoms with E-state index in [0.717, 1.165) is 24.2 Å². The van der Waals surface area contributed by atoms with Crippen molar-refractivity contribution in [3.8, 4) is 0 Å². The number of amides is 1. The minimum atomic E-state index is -0.751. The highest BCUT2D eigenvalue weighted by Gasteiger charge is 2.14. The number of hydrogen-bond donors (Lipinski definition) is 2. The third kappa shape index (κ3) is 7.71. The number of carbonyl (C=O) groups excluding carboxylic acids is 1. The lowest BCUT2D eigenvalue weighted by molar-refractivity contribution is -0.137. The molecule has 2 N–H and O–H groups in total. The number of unbranched alkanes of at least 4 members (excludes halogenated alkanes) is 3. The number of aliphatic carboxylic acids is 1. The second-order valence-electron chi connectivity index (χ2n) is 5.04. The van der Waals surface area contributed by atoms with Crippen LogP contribution < -0.4 is 5.32 Å². The number of benzene rings is 1. The summed E-state index contributed by atoms with van der Waals surface area (Å²) in [6, 6.07) is 7.47. The van der Waals surface area contributed by atoms with Gasteiger partial charge in [-0.05, 0) is 31.9 Å². The van der Waals surface area contributed by atoms with Crippen LogP contribution in [-0.2, 0) is 9.59 Å². The van der Waals surface area contributed by atoms with Crippen molar-refractivity contribution in [1.29, 1.82) is 0 Å². The van der Waals surface area contributed by atoms with Gasteiger partial charge in [0.2, 0.25) is 5.91 Å². The molecule has 1 atom stereocenters. The van der Waals surface area contributed by atoms with Crippen LogP contribution in [0.25, 0.3) is 0 Å². The van der Waals surface area contributed by atoms with E-state index in [9.17, 15) is 9.59 Å². The van der Waals surface area contributed by atoms with Gasteiger partial charge < -0.3 is 10.4 Å². The highest BCUT2D eigenvalue weighted by atomic mass is 35.5. The van der Waals surface area contributed by atoms with E-state index in [1.54, 1.807) is 0 Å². The quantitative estimate of drug-likeness (QED) is 0.498. The Morgan fingerprint density at radius 3 is 2.59 bits per heavy atom. The van der Waals surface area contributed by atoms with Crippen molar-refractivity contribution in [2.45, 2.75) is 49.2 Å². The molecule has 22 heavy (non-hydrogen) atoms. The van der Waals surface area contributed by atoms with Gasteiger partial charge in [0, 0.05) is 17.9 Å². The van der Waals surface area contributed by atoms with Crippen molar-refractivity contribution in [3.63, 3.8) is 0 Å². The largest absolute Gasteiger partial charge is 0.481 e. The van der Waals surface area contributed by atoms with Crippen LogP contribution in [0.1, 0.15) is 39.0 Å². The van der Waals surface area contributed by atoms with E-state index in [0.29, 0.717) is 18.0 Å². The molecule has 0 radical (unpaired) electrons. The van der Waals surface area contributed by atoms with Crippen molar-refractivity contribution >= 4 is 35.2 Å². The van der Waals surface area contributed by atoms with E-state index < -0.39 is 5.97 Å². The van der Waals surface area contributed by atoms with Gasteiger partial charge in [0.05, 0.1) is 10.3 Å². The number of halogens is 1. The molecule has 4 nitrogen and oxygen atoms in total. The first-order valence-corrected chi connectivity index (χ1v) is 8.67. The van der Waals surface area contributed by atoms with E-state index in [2.05, 4.69) is 5.32 Å². The van der Waals surface area contributed by atoms with E-state index in [1.807, 2.05) is 31.2 Å². The molecule has 1 rings (SSSR count). The van der Waals surface area contributed by atoms with Crippen LogP contribution in [0.3, 0.4) is 0 Å². The molecule has 0 saturated carbocycles. The van der Waals surface area contributed by atoms with E-state index in [1.165, 1.54) is 11.8 Å². The molecule has 0 aliphatic rings. The normalized spacial score (nSPS) is 11.9. The number of carboxylic acid groups (broad SMARTS) is 1. The molecular weight excluding hydrogens is 322 g/mol. The molecule has 0 heterocycles. The predicted octanol–water partition coefficient (Wildman–Crippen LogP) is 3.97. The van der Waals surface area contributed by atoms with E-state index in [-0.39, 0.29) is 17.6 Å². The Morgan fingerprint density at radius 2 is 1.91 bits per heavy atom. The lowest BCUT2D eigenvalue weighted by Crippen LogP contribution is -2.31. The summed E-state index contributed by atoms with van der Waals surface area (Å²) >= 11 is 7.52. The third-order valence-electron chi connectivity index (χ3n) is 3.13. The maximum absolute atomic E-state index is 12.0. The number of nitrogens with one attached hydrogen (secondary N) is 1. The van der Waals surface area contributed by atoms with Gasteiger partial charge in [-0.25, -0.2) is 0 Å². The molecule has 0 fully saturated rings. The minimum absolute atomic E-state index is 0.00421. The summed E-state index contributed by atoms with van der Waals surface area (Å²) in [6.45, 7) is 2.48. The number of hydrogen-bond acceptors (Lipinski definition) is 3. The standard InChI is InChI=1S/C16H22ClNO3S/c1-12(22-14-9-6-5-8-13(14)17)16(21)18-11-7-3-2-4-10-15(19)20/h5-6,8-9,12H,2-4,7,10-11H2,1H3,(H,18,21)(H,19,20). The summed E-state index contributed by atoms with van der Waals surface area (Å²) in [6.07, 6.45) is 3.60. The first kappa shape index (κ1) is 18.8. The van der Waals surface area contributed by atoms with Crippen LogP contribution in [0.4, 0.5) is 0 Å². The van der Waals surface area contributed by atoms with Crippen molar-refractivity contribution in [2.24, 2.45) is 0 Å². The Balaban J connectivity index is 2.17. The maximum Gasteiger partial charge on any atom is 0.303 e. The average molecular weight is 344 g/mol. The monoisotopic (exact) mass is 343 g/mol. The third-order valence-corrected chi connectivity index (χ3v) is 4.75. The minimum Gasteiger partial charge on any atom is -0.481 e. The van der Waals surface area contributed by atoms with Gasteiger partial charge in [-0.1, -0.05) is 36.6 Å². The zero-order valence-electron chi connectivity index (χ0n) is 12.7. The molecule has 0 bridgehead atoms. The number of thioether (sulfide) groups is 1. The molecule has 0 saturated heterocycles. The fourth-order valence-corrected chi connectivity index (χ4v) is 3.07. The molecule has 122 valence electrons. The molecule has 0 spiro atoms. The Kier molecular flexibility index (Phi) is 9.01. The number of rotatable bonds is 10. The highest BCUT2D eigenvalue weighted by molar-refractivity contribution is 8.00. The van der Waals surface area contributed by atoms with Crippen LogP contribution in [0.15, 0.2) is 29.2 Å². The fourth-order valence-electron chi connectivity index (χ4n) is 1.89. The Morgan fingerprint density at radius 1 is 1.23 bits per heavy atom. The first-order valence-electron chi connectivity index (χ1n) is 7.41. The molecule has 0 aliphatic heterocycles. The second kappa shape index (κ2) is 10.5. The van der Waals surface area contributed by atoms with Crippen molar-refractivity contribution in [3.05, 3.63) is 29.3 Å². The number of carboxylic acids is 1. The van der Waals surface area contributed by atoms with Crippen molar-refractivity contribution in [1.82, 2.24) is 5.32 Å². The smallest absolute Gasteiger partial charge is 0.303 e. The molecule has 0 aliphatic carbocycles. The van der Waals surface area contributed by atoms with Gasteiger partial charge in [0.1, 0.15) is 0 Å². The number of carbonyl (C=O) groups is 2. The van der Waals surface area contributed by atoms with Crippen molar-refractivity contribution < 1.29 is 14.7 Å². The first-order chi connectivity index (χ1) is 10.5. The average Bonchev–Trinajstić information content (AvgIpc) is 2.48. The molecule has 1 aromatic carbocycles. The van der Waals surface area contributed by atoms with Crippen LogP contribution in [0.2, 0.25) is 5.02 Å². The molecule has 1 unspecified atom stereocenters. The summed E-state index contributed by atoms with van der Waals surface area (Å²) in [7, 11) is 0. The molecule has 1 amide bonds. The molecular formula is C16H22ClNO3S.